The van der Waals surface area contributed by atoms with E-state index in [0.717, 1.165) is 31.6 Å². The van der Waals surface area contributed by atoms with Crippen molar-refractivity contribution in [3.05, 3.63) is 0 Å². The van der Waals surface area contributed by atoms with Crippen molar-refractivity contribution in [3.63, 3.8) is 0 Å². The van der Waals surface area contributed by atoms with Crippen LogP contribution >= 0.6 is 0 Å². The Morgan fingerprint density at radius 2 is 2.44 bits per heavy atom. The number of nitrogens with one attached hydrogen (secondary N) is 1. The summed E-state index contributed by atoms with van der Waals surface area (Å²) >= 11 is 0. The molecule has 18 heavy (non-hydrogen) atoms. The Labute approximate surface area is 108 Å². The first kappa shape index (κ1) is 14.9. The van der Waals surface area contributed by atoms with Gasteiger partial charge in [-0.3, -0.25) is 9.69 Å². The van der Waals surface area contributed by atoms with Gasteiger partial charge >= 0.3 is 0 Å². The van der Waals surface area contributed by atoms with Crippen molar-refractivity contribution in [2.24, 2.45) is 11.1 Å². The summed E-state index contributed by atoms with van der Waals surface area (Å²) in [5.41, 5.74) is 0.826. The van der Waals surface area contributed by atoms with Gasteiger partial charge in [0, 0.05) is 45.7 Å². The fraction of sp³-hybridized carbons (Fsp3) is 0.833. The van der Waals surface area contributed by atoms with Crippen molar-refractivity contribution in [2.75, 3.05) is 39.9 Å². The lowest BCUT2D eigenvalue weighted by Crippen LogP contribution is -2.45. The summed E-state index contributed by atoms with van der Waals surface area (Å²) in [5, 5.41) is 14.9. The molecule has 6 heteroatoms. The van der Waals surface area contributed by atoms with E-state index < -0.39 is 0 Å². The van der Waals surface area contributed by atoms with Gasteiger partial charge in [-0.1, -0.05) is 12.1 Å². The molecule has 0 radical (unpaired) electrons. The molecule has 0 aromatic rings. The average molecular weight is 257 g/mol. The van der Waals surface area contributed by atoms with Crippen LogP contribution in [0.2, 0.25) is 0 Å². The molecule has 0 saturated carbocycles. The van der Waals surface area contributed by atoms with Crippen LogP contribution in [0.25, 0.3) is 0 Å². The van der Waals surface area contributed by atoms with Crippen molar-refractivity contribution >= 4 is 11.6 Å². The summed E-state index contributed by atoms with van der Waals surface area (Å²) in [7, 11) is 1.65. The molecule has 6 nitrogen and oxygen atoms in total. The fourth-order valence-corrected chi connectivity index (χ4v) is 2.10. The highest BCUT2D eigenvalue weighted by Crippen LogP contribution is 2.13. The largest absolute Gasteiger partial charge is 0.411 e. The van der Waals surface area contributed by atoms with Crippen molar-refractivity contribution in [1.82, 2.24) is 10.2 Å². The Bertz CT molecular complexity index is 294. The van der Waals surface area contributed by atoms with Crippen molar-refractivity contribution in [2.45, 2.75) is 19.8 Å². The zero-order chi connectivity index (χ0) is 13.4. The van der Waals surface area contributed by atoms with E-state index in [1.165, 1.54) is 0 Å². The summed E-state index contributed by atoms with van der Waals surface area (Å²) in [6.07, 6.45) is 1.56. The van der Waals surface area contributed by atoms with Crippen molar-refractivity contribution in [1.29, 1.82) is 0 Å². The van der Waals surface area contributed by atoms with Crippen LogP contribution in [0.4, 0.5) is 0 Å². The first-order valence-corrected chi connectivity index (χ1v) is 6.36. The molecule has 1 aliphatic heterocycles. The number of hydrogen-bond acceptors (Lipinski definition) is 5. The zero-order valence-corrected chi connectivity index (χ0v) is 11.2. The van der Waals surface area contributed by atoms with Gasteiger partial charge in [-0.05, 0) is 6.42 Å². The first-order chi connectivity index (χ1) is 8.67. The summed E-state index contributed by atoms with van der Waals surface area (Å²) < 4.78 is 4.91. The molecule has 1 rings (SSSR count). The Morgan fingerprint density at radius 1 is 1.67 bits per heavy atom. The number of likely N-dealkylation sites (tertiary alicyclic amines) is 1. The van der Waals surface area contributed by atoms with E-state index in [2.05, 4.69) is 15.4 Å². The van der Waals surface area contributed by atoms with Crippen molar-refractivity contribution in [3.8, 4) is 0 Å². The molecule has 0 aliphatic carbocycles. The molecular weight excluding hydrogens is 234 g/mol. The fourth-order valence-electron chi connectivity index (χ4n) is 2.10. The second-order valence-electron chi connectivity index (χ2n) is 4.67. The summed E-state index contributed by atoms with van der Waals surface area (Å²) in [6.45, 7) is 5.28. The standard InChI is InChI=1S/C12H23N3O3/c1-10-8-15(6-4-11(10)14-17)9-12(16)13-5-3-7-18-2/h10,17H,3-9H2,1-2H3,(H,13,16). The van der Waals surface area contributed by atoms with Gasteiger partial charge in [-0.2, -0.15) is 0 Å². The summed E-state index contributed by atoms with van der Waals surface area (Å²) in [6, 6.07) is 0. The first-order valence-electron chi connectivity index (χ1n) is 6.36. The van der Waals surface area contributed by atoms with E-state index in [1.54, 1.807) is 7.11 Å². The minimum absolute atomic E-state index is 0.0442. The lowest BCUT2D eigenvalue weighted by molar-refractivity contribution is -0.122. The molecule has 1 saturated heterocycles. The number of piperidine rings is 1. The average Bonchev–Trinajstić information content (AvgIpc) is 2.35. The predicted molar refractivity (Wildman–Crippen MR) is 68.9 cm³/mol. The predicted octanol–water partition coefficient (Wildman–Crippen LogP) is 0.311. The van der Waals surface area contributed by atoms with Gasteiger partial charge in [-0.15, -0.1) is 0 Å². The molecule has 2 N–H and O–H groups in total. The highest BCUT2D eigenvalue weighted by Gasteiger charge is 2.23. The number of nitrogens with zero attached hydrogens (tertiary/aromatic N) is 2. The van der Waals surface area contributed by atoms with Crippen LogP contribution in [0.1, 0.15) is 19.8 Å². The number of carbonyl (C=O) groups is 1. The molecule has 0 bridgehead atoms. The lowest BCUT2D eigenvalue weighted by Gasteiger charge is -2.30. The van der Waals surface area contributed by atoms with Gasteiger partial charge in [0.15, 0.2) is 0 Å². The van der Waals surface area contributed by atoms with Crippen LogP contribution in [0.3, 0.4) is 0 Å². The smallest absolute Gasteiger partial charge is 0.234 e. The van der Waals surface area contributed by atoms with Gasteiger partial charge < -0.3 is 15.3 Å². The number of oxime groups is 1. The minimum atomic E-state index is 0.0442. The molecule has 1 atom stereocenters. The third kappa shape index (κ3) is 5.01. The molecule has 0 aromatic heterocycles. The second-order valence-corrected chi connectivity index (χ2v) is 4.67. The Balaban J connectivity index is 2.21. The van der Waals surface area contributed by atoms with E-state index in [4.69, 9.17) is 9.94 Å². The number of amides is 1. The van der Waals surface area contributed by atoms with E-state index in [9.17, 15) is 4.79 Å². The third-order valence-electron chi connectivity index (χ3n) is 3.13. The maximum atomic E-state index is 11.7. The van der Waals surface area contributed by atoms with Crippen LogP contribution in [0, 0.1) is 5.92 Å². The third-order valence-corrected chi connectivity index (χ3v) is 3.13. The molecular formula is C12H23N3O3. The highest BCUT2D eigenvalue weighted by atomic mass is 16.5. The van der Waals surface area contributed by atoms with Gasteiger partial charge in [-0.25, -0.2) is 0 Å². The van der Waals surface area contributed by atoms with Gasteiger partial charge in [0.25, 0.3) is 0 Å². The van der Waals surface area contributed by atoms with E-state index in [0.29, 0.717) is 19.7 Å². The maximum absolute atomic E-state index is 11.7. The van der Waals surface area contributed by atoms with Gasteiger partial charge in [0.2, 0.25) is 5.91 Å². The Morgan fingerprint density at radius 3 is 3.06 bits per heavy atom. The summed E-state index contributed by atoms with van der Waals surface area (Å²) in [5.74, 6) is 0.257. The zero-order valence-electron chi connectivity index (χ0n) is 11.2. The number of hydrogen-bond donors (Lipinski definition) is 2. The highest BCUT2D eigenvalue weighted by molar-refractivity contribution is 5.87. The number of ether oxygens (including phenoxy) is 1. The van der Waals surface area contributed by atoms with Crippen molar-refractivity contribution < 1.29 is 14.7 Å². The number of rotatable bonds is 6. The van der Waals surface area contributed by atoms with Gasteiger partial charge in [0.05, 0.1) is 12.3 Å². The molecule has 1 amide bonds. The Kier molecular flexibility index (Phi) is 6.67. The normalized spacial score (nSPS) is 23.2. The van der Waals surface area contributed by atoms with E-state index >= 15 is 0 Å². The topological polar surface area (TPSA) is 74.2 Å². The Hall–Kier alpha value is -1.14. The van der Waals surface area contributed by atoms with E-state index in [-0.39, 0.29) is 11.8 Å². The molecule has 0 spiro atoms. The SMILES string of the molecule is COCCCNC(=O)CN1CCC(=NO)C(C)C1. The lowest BCUT2D eigenvalue weighted by atomic mass is 9.98. The monoisotopic (exact) mass is 257 g/mol. The quantitative estimate of drug-likeness (QED) is 0.408. The van der Waals surface area contributed by atoms with Crippen LogP contribution < -0.4 is 5.32 Å². The molecule has 104 valence electrons. The van der Waals surface area contributed by atoms with Crippen LogP contribution in [-0.4, -0.2) is 61.6 Å². The second kappa shape index (κ2) is 8.05. The molecule has 1 aliphatic rings. The number of methoxy groups -OCH3 is 1. The maximum Gasteiger partial charge on any atom is 0.234 e. The molecule has 1 unspecified atom stereocenters. The van der Waals surface area contributed by atoms with Crippen LogP contribution in [-0.2, 0) is 9.53 Å². The minimum Gasteiger partial charge on any atom is -0.411 e. The molecule has 1 heterocycles. The van der Waals surface area contributed by atoms with Crippen LogP contribution in [0.5, 0.6) is 0 Å². The molecule has 1 fully saturated rings. The summed E-state index contributed by atoms with van der Waals surface area (Å²) in [4.78, 5) is 13.7. The van der Waals surface area contributed by atoms with Crippen LogP contribution in [0.15, 0.2) is 5.16 Å². The molecule has 0 aromatic carbocycles. The van der Waals surface area contributed by atoms with E-state index in [1.807, 2.05) is 6.92 Å². The number of carbonyl (C=O) groups excluding carboxylic acids is 1. The van der Waals surface area contributed by atoms with Gasteiger partial charge in [0.1, 0.15) is 0 Å².